The number of carbonyl (C=O) groups is 1. The number of pyridine rings is 1. The molecule has 0 aliphatic rings. The number of carbonyl (C=O) groups excluding carboxylic acids is 1. The number of nitrogens with two attached hydrogens (primary N) is 1. The number of esters is 1. The van der Waals surface area contributed by atoms with Gasteiger partial charge in [-0.05, 0) is 36.1 Å². The molecule has 24 heavy (non-hydrogen) atoms. The van der Waals surface area contributed by atoms with Crippen molar-refractivity contribution < 1.29 is 9.53 Å². The van der Waals surface area contributed by atoms with Gasteiger partial charge in [-0.1, -0.05) is 11.6 Å². The summed E-state index contributed by atoms with van der Waals surface area (Å²) in [5, 5.41) is 5.85. The average molecular weight is 341 g/mol. The number of nitrogen functional groups attached to an aromatic ring is 1. The number of aryl methyl sites for hydroxylation is 1. The average Bonchev–Trinajstić information content (AvgIpc) is 2.87. The van der Waals surface area contributed by atoms with E-state index >= 15 is 0 Å². The number of hydrogen-bond donors (Lipinski definition) is 1. The van der Waals surface area contributed by atoms with Crippen molar-refractivity contribution in [2.24, 2.45) is 7.05 Å². The van der Waals surface area contributed by atoms with Gasteiger partial charge >= 0.3 is 5.97 Å². The van der Waals surface area contributed by atoms with Crippen molar-refractivity contribution in [3.05, 3.63) is 52.4 Å². The summed E-state index contributed by atoms with van der Waals surface area (Å²) in [6.07, 6.45) is 1.47. The molecule has 0 aliphatic carbocycles. The summed E-state index contributed by atoms with van der Waals surface area (Å²) in [5.74, 6) is 5.37. The van der Waals surface area contributed by atoms with Crippen LogP contribution in [0.3, 0.4) is 0 Å². The molecule has 0 aliphatic heterocycles. The van der Waals surface area contributed by atoms with Gasteiger partial charge in [0.15, 0.2) is 0 Å². The Balaban J connectivity index is 2.08. The number of ether oxygens (including phenoxy) is 1. The molecule has 0 saturated carbocycles. The Hall–Kier alpha value is -3.04. The highest BCUT2D eigenvalue weighted by atomic mass is 35.5. The molecule has 3 aromatic rings. The number of halogens is 1. The standard InChI is InChI=1S/C17H13ClN4O2/c1-22-15(11-4-3-10(18)9-14(11)21-22)6-5-13-16(19)12(7-8-20-13)17(23)24-2/h3-4,7-9H,19H2,1-2H3. The summed E-state index contributed by atoms with van der Waals surface area (Å²) >= 11 is 5.98. The maximum atomic E-state index is 11.7. The van der Waals surface area contributed by atoms with Gasteiger partial charge in [-0.25, -0.2) is 9.78 Å². The Labute approximate surface area is 143 Å². The highest BCUT2D eigenvalue weighted by Crippen LogP contribution is 2.21. The van der Waals surface area contributed by atoms with Gasteiger partial charge in [-0.2, -0.15) is 5.10 Å². The van der Waals surface area contributed by atoms with E-state index in [1.54, 1.807) is 23.9 Å². The van der Waals surface area contributed by atoms with Crippen LogP contribution in [0.1, 0.15) is 21.7 Å². The maximum Gasteiger partial charge on any atom is 0.340 e. The minimum Gasteiger partial charge on any atom is -0.465 e. The maximum absolute atomic E-state index is 11.7. The fraction of sp³-hybridized carbons (Fsp3) is 0.118. The van der Waals surface area contributed by atoms with E-state index in [1.807, 2.05) is 6.07 Å². The Morgan fingerprint density at radius 1 is 1.33 bits per heavy atom. The fourth-order valence-electron chi connectivity index (χ4n) is 2.30. The first kappa shape index (κ1) is 15.8. The summed E-state index contributed by atoms with van der Waals surface area (Å²) in [6.45, 7) is 0. The van der Waals surface area contributed by atoms with E-state index in [4.69, 9.17) is 17.3 Å². The van der Waals surface area contributed by atoms with Gasteiger partial charge in [0.05, 0.1) is 23.9 Å². The van der Waals surface area contributed by atoms with Gasteiger partial charge < -0.3 is 10.5 Å². The number of methoxy groups -OCH3 is 1. The number of fused-ring (bicyclic) bond motifs is 1. The minimum absolute atomic E-state index is 0.186. The van der Waals surface area contributed by atoms with Gasteiger partial charge in [0.25, 0.3) is 0 Å². The van der Waals surface area contributed by atoms with E-state index in [1.165, 1.54) is 19.4 Å². The molecule has 120 valence electrons. The number of aromatic nitrogens is 3. The molecular formula is C17H13ClN4O2. The quantitative estimate of drug-likeness (QED) is 0.543. The van der Waals surface area contributed by atoms with Gasteiger partial charge in [-0.15, -0.1) is 0 Å². The smallest absolute Gasteiger partial charge is 0.340 e. The SMILES string of the molecule is COC(=O)c1ccnc(C#Cc2c3ccc(Cl)cc3nn2C)c1N. The summed E-state index contributed by atoms with van der Waals surface area (Å²) in [4.78, 5) is 15.8. The molecule has 7 heteroatoms. The van der Waals surface area contributed by atoms with Crippen molar-refractivity contribution >= 4 is 34.2 Å². The molecule has 2 N–H and O–H groups in total. The Morgan fingerprint density at radius 2 is 2.12 bits per heavy atom. The predicted octanol–water partition coefficient (Wildman–Crippen LogP) is 2.39. The molecular weight excluding hydrogens is 328 g/mol. The van der Waals surface area contributed by atoms with Crippen LogP contribution in [0.15, 0.2) is 30.5 Å². The van der Waals surface area contributed by atoms with Gasteiger partial charge in [0.1, 0.15) is 11.4 Å². The van der Waals surface area contributed by atoms with Crippen molar-refractivity contribution in [1.29, 1.82) is 0 Å². The zero-order chi connectivity index (χ0) is 17.3. The van der Waals surface area contributed by atoms with Gasteiger partial charge in [0.2, 0.25) is 0 Å². The molecule has 2 heterocycles. The van der Waals surface area contributed by atoms with Crippen LogP contribution in [-0.2, 0) is 11.8 Å². The van der Waals surface area contributed by atoms with E-state index in [2.05, 4.69) is 26.7 Å². The summed E-state index contributed by atoms with van der Waals surface area (Å²) in [6, 6.07) is 6.90. The van der Waals surface area contributed by atoms with Crippen molar-refractivity contribution in [3.63, 3.8) is 0 Å². The Kier molecular flexibility index (Phi) is 4.11. The summed E-state index contributed by atoms with van der Waals surface area (Å²) < 4.78 is 6.35. The molecule has 0 bridgehead atoms. The number of hydrogen-bond acceptors (Lipinski definition) is 5. The molecule has 0 atom stereocenters. The molecule has 0 radical (unpaired) electrons. The summed E-state index contributed by atoms with van der Waals surface area (Å²) in [5.41, 5.74) is 8.14. The minimum atomic E-state index is -0.529. The highest BCUT2D eigenvalue weighted by Gasteiger charge is 2.13. The van der Waals surface area contributed by atoms with Crippen LogP contribution in [0.4, 0.5) is 5.69 Å². The van der Waals surface area contributed by atoms with E-state index in [0.717, 1.165) is 10.9 Å². The second kappa shape index (κ2) is 6.22. The first-order chi connectivity index (χ1) is 11.5. The molecule has 0 unspecified atom stereocenters. The topological polar surface area (TPSA) is 83.0 Å². The van der Waals surface area contributed by atoms with Crippen LogP contribution in [0.5, 0.6) is 0 Å². The van der Waals surface area contributed by atoms with E-state index in [-0.39, 0.29) is 11.3 Å². The lowest BCUT2D eigenvalue weighted by Gasteiger charge is -2.04. The van der Waals surface area contributed by atoms with Gasteiger partial charge in [0, 0.05) is 23.7 Å². The summed E-state index contributed by atoms with van der Waals surface area (Å²) in [7, 11) is 3.08. The molecule has 3 rings (SSSR count). The zero-order valence-corrected chi connectivity index (χ0v) is 13.8. The van der Waals surface area contributed by atoms with E-state index in [0.29, 0.717) is 16.4 Å². The predicted molar refractivity (Wildman–Crippen MR) is 91.7 cm³/mol. The van der Waals surface area contributed by atoms with Crippen LogP contribution in [0.2, 0.25) is 5.02 Å². The normalized spacial score (nSPS) is 10.3. The van der Waals surface area contributed by atoms with Crippen LogP contribution in [0, 0.1) is 11.8 Å². The van der Waals surface area contributed by atoms with Crippen LogP contribution in [-0.4, -0.2) is 27.8 Å². The molecule has 1 aromatic carbocycles. The van der Waals surface area contributed by atoms with Crippen LogP contribution in [0.25, 0.3) is 10.9 Å². The first-order valence-corrected chi connectivity index (χ1v) is 7.36. The lowest BCUT2D eigenvalue weighted by Crippen LogP contribution is -2.08. The highest BCUT2D eigenvalue weighted by molar-refractivity contribution is 6.31. The molecule has 2 aromatic heterocycles. The largest absolute Gasteiger partial charge is 0.465 e. The monoisotopic (exact) mass is 340 g/mol. The lowest BCUT2D eigenvalue weighted by atomic mass is 10.1. The molecule has 6 nitrogen and oxygen atoms in total. The number of rotatable bonds is 1. The molecule has 0 spiro atoms. The van der Waals surface area contributed by atoms with Crippen LogP contribution < -0.4 is 5.73 Å². The Morgan fingerprint density at radius 3 is 2.88 bits per heavy atom. The second-order valence-electron chi connectivity index (χ2n) is 5.00. The lowest BCUT2D eigenvalue weighted by molar-refractivity contribution is 0.0602. The van der Waals surface area contributed by atoms with Crippen molar-refractivity contribution in [3.8, 4) is 11.8 Å². The molecule has 0 amide bonds. The molecule has 0 saturated heterocycles. The third-order valence-electron chi connectivity index (χ3n) is 3.49. The van der Waals surface area contributed by atoms with Crippen molar-refractivity contribution in [1.82, 2.24) is 14.8 Å². The van der Waals surface area contributed by atoms with Gasteiger partial charge in [-0.3, -0.25) is 4.68 Å². The fourth-order valence-corrected chi connectivity index (χ4v) is 2.47. The number of nitrogens with zero attached hydrogens (tertiary/aromatic N) is 3. The van der Waals surface area contributed by atoms with Crippen LogP contribution >= 0.6 is 11.6 Å². The van der Waals surface area contributed by atoms with E-state index < -0.39 is 5.97 Å². The van der Waals surface area contributed by atoms with E-state index in [9.17, 15) is 4.79 Å². The first-order valence-electron chi connectivity index (χ1n) is 6.98. The third kappa shape index (κ3) is 2.77. The zero-order valence-electron chi connectivity index (χ0n) is 13.0. The Bertz CT molecular complexity index is 1010. The van der Waals surface area contributed by atoms with Crippen molar-refractivity contribution in [2.75, 3.05) is 12.8 Å². The number of benzene rings is 1. The second-order valence-corrected chi connectivity index (χ2v) is 5.43. The van der Waals surface area contributed by atoms with Crippen molar-refractivity contribution in [2.45, 2.75) is 0 Å². The molecule has 0 fully saturated rings. The number of anilines is 1. The third-order valence-corrected chi connectivity index (χ3v) is 3.73.